The van der Waals surface area contributed by atoms with Gasteiger partial charge >= 0.3 is 0 Å². The van der Waals surface area contributed by atoms with Gasteiger partial charge in [-0.15, -0.1) is 0 Å². The van der Waals surface area contributed by atoms with E-state index in [9.17, 15) is 0 Å². The van der Waals surface area contributed by atoms with Crippen molar-refractivity contribution in [3.8, 4) is 5.69 Å². The van der Waals surface area contributed by atoms with E-state index in [0.717, 1.165) is 29.6 Å². The lowest BCUT2D eigenvalue weighted by Crippen LogP contribution is -2.16. The molecule has 0 unspecified atom stereocenters. The van der Waals surface area contributed by atoms with E-state index in [1.807, 2.05) is 37.5 Å². The van der Waals surface area contributed by atoms with Crippen molar-refractivity contribution in [1.29, 1.82) is 0 Å². The van der Waals surface area contributed by atoms with Crippen LogP contribution in [0.25, 0.3) is 5.69 Å². The van der Waals surface area contributed by atoms with E-state index in [1.54, 1.807) is 6.20 Å². The molecule has 0 fully saturated rings. The number of hydrogen-bond acceptors (Lipinski definition) is 3. The van der Waals surface area contributed by atoms with Crippen LogP contribution in [0.1, 0.15) is 17.3 Å². The van der Waals surface area contributed by atoms with Crippen LogP contribution in [0.4, 0.5) is 0 Å². The minimum absolute atomic E-state index is 0.714. The molecule has 0 aliphatic rings. The van der Waals surface area contributed by atoms with Crippen LogP contribution in [0.5, 0.6) is 0 Å². The Kier molecular flexibility index (Phi) is 3.60. The fraction of sp³-hybridized carbons (Fsp3) is 0.200. The lowest BCUT2D eigenvalue weighted by molar-refractivity contribution is 0.647. The average Bonchev–Trinajstić information content (AvgIpc) is 3.10. The molecule has 0 aliphatic heterocycles. The maximum absolute atomic E-state index is 4.41. The summed E-state index contributed by atoms with van der Waals surface area (Å²) in [6.07, 6.45) is 5.50. The topological polar surface area (TPSA) is 58.5 Å². The molecular weight excluding hydrogens is 250 g/mol. The molecule has 0 atom stereocenters. The molecule has 3 rings (SSSR count). The molecule has 0 saturated carbocycles. The van der Waals surface area contributed by atoms with Crippen LogP contribution in [0.3, 0.4) is 0 Å². The van der Waals surface area contributed by atoms with Crippen molar-refractivity contribution in [2.75, 3.05) is 0 Å². The van der Waals surface area contributed by atoms with E-state index in [2.05, 4.69) is 37.0 Å². The lowest BCUT2D eigenvalue weighted by atomic mass is 10.3. The summed E-state index contributed by atoms with van der Waals surface area (Å²) in [7, 11) is 0. The third kappa shape index (κ3) is 2.62. The first-order valence-electron chi connectivity index (χ1n) is 6.62. The number of H-pyrrole nitrogens is 1. The Balaban J connectivity index is 1.74. The van der Waals surface area contributed by atoms with Crippen LogP contribution < -0.4 is 5.32 Å². The summed E-state index contributed by atoms with van der Waals surface area (Å²) in [6.45, 7) is 3.48. The smallest absolute Gasteiger partial charge is 0.120 e. The van der Waals surface area contributed by atoms with E-state index in [-0.39, 0.29) is 0 Å². The molecule has 20 heavy (non-hydrogen) atoms. The molecule has 3 aromatic rings. The minimum Gasteiger partial charge on any atom is -0.348 e. The summed E-state index contributed by atoms with van der Waals surface area (Å²) in [5.74, 6) is 1.93. The molecule has 2 heterocycles. The number of imidazole rings is 2. The maximum Gasteiger partial charge on any atom is 0.120 e. The van der Waals surface area contributed by atoms with Crippen molar-refractivity contribution in [1.82, 2.24) is 24.8 Å². The highest BCUT2D eigenvalue weighted by Gasteiger charge is 2.08. The van der Waals surface area contributed by atoms with Gasteiger partial charge in [-0.1, -0.05) is 18.2 Å². The first-order valence-corrected chi connectivity index (χ1v) is 6.62. The summed E-state index contributed by atoms with van der Waals surface area (Å²) in [6, 6.07) is 10.3. The number of aromatic nitrogens is 4. The molecule has 2 aromatic heterocycles. The Hall–Kier alpha value is -2.40. The standard InChI is InChI=1S/C15H17N5/c1-12-19-10-14(9-16-11-15-17-7-8-18-15)20(12)13-5-3-2-4-6-13/h2-8,10,16H,9,11H2,1H3,(H,17,18). The molecule has 2 N–H and O–H groups in total. The zero-order valence-electron chi connectivity index (χ0n) is 11.4. The summed E-state index contributed by atoms with van der Waals surface area (Å²) >= 11 is 0. The van der Waals surface area contributed by atoms with Crippen LogP contribution in [0, 0.1) is 6.92 Å². The SMILES string of the molecule is Cc1ncc(CNCc2ncc[nH]2)n1-c1ccccc1. The fourth-order valence-corrected chi connectivity index (χ4v) is 2.25. The normalized spacial score (nSPS) is 10.8. The van der Waals surface area contributed by atoms with Gasteiger partial charge in [0, 0.05) is 24.6 Å². The number of benzene rings is 1. The number of rotatable bonds is 5. The monoisotopic (exact) mass is 267 g/mol. The Labute approximate surface area is 117 Å². The van der Waals surface area contributed by atoms with Crippen molar-refractivity contribution in [2.45, 2.75) is 20.0 Å². The highest BCUT2D eigenvalue weighted by atomic mass is 15.1. The Morgan fingerprint density at radius 2 is 2.00 bits per heavy atom. The van der Waals surface area contributed by atoms with Crippen molar-refractivity contribution >= 4 is 0 Å². The molecule has 0 saturated heterocycles. The van der Waals surface area contributed by atoms with Crippen LogP contribution >= 0.6 is 0 Å². The number of hydrogen-bond donors (Lipinski definition) is 2. The average molecular weight is 267 g/mol. The van der Waals surface area contributed by atoms with E-state index >= 15 is 0 Å². The van der Waals surface area contributed by atoms with Crippen LogP contribution in [0.15, 0.2) is 48.9 Å². The van der Waals surface area contributed by atoms with Gasteiger partial charge in [0.15, 0.2) is 0 Å². The predicted molar refractivity (Wildman–Crippen MR) is 77.4 cm³/mol. The molecule has 0 radical (unpaired) electrons. The number of aromatic amines is 1. The van der Waals surface area contributed by atoms with Crippen LogP contribution in [-0.2, 0) is 13.1 Å². The second-order valence-electron chi connectivity index (χ2n) is 4.61. The van der Waals surface area contributed by atoms with E-state index < -0.39 is 0 Å². The van der Waals surface area contributed by atoms with Gasteiger partial charge < -0.3 is 10.3 Å². The van der Waals surface area contributed by atoms with Gasteiger partial charge in [0.1, 0.15) is 11.6 Å². The van der Waals surface area contributed by atoms with E-state index in [1.165, 1.54) is 0 Å². The molecule has 0 amide bonds. The highest BCUT2D eigenvalue weighted by Crippen LogP contribution is 2.14. The highest BCUT2D eigenvalue weighted by molar-refractivity contribution is 5.35. The Morgan fingerprint density at radius 1 is 1.15 bits per heavy atom. The first kappa shape index (κ1) is 12.6. The minimum atomic E-state index is 0.714. The molecule has 5 heteroatoms. The first-order chi connectivity index (χ1) is 9.84. The molecule has 5 nitrogen and oxygen atoms in total. The fourth-order valence-electron chi connectivity index (χ4n) is 2.25. The molecular formula is C15H17N5. The maximum atomic E-state index is 4.41. The second-order valence-corrected chi connectivity index (χ2v) is 4.61. The van der Waals surface area contributed by atoms with Gasteiger partial charge in [-0.25, -0.2) is 9.97 Å². The van der Waals surface area contributed by atoms with Gasteiger partial charge in [-0.05, 0) is 19.1 Å². The van der Waals surface area contributed by atoms with Gasteiger partial charge in [0.05, 0.1) is 18.4 Å². The number of para-hydroxylation sites is 1. The molecule has 0 spiro atoms. The van der Waals surface area contributed by atoms with Crippen molar-refractivity contribution in [3.05, 3.63) is 66.3 Å². The molecule has 0 aliphatic carbocycles. The van der Waals surface area contributed by atoms with Gasteiger partial charge in [0.25, 0.3) is 0 Å². The summed E-state index contributed by atoms with van der Waals surface area (Å²) in [5, 5.41) is 3.37. The van der Waals surface area contributed by atoms with Crippen molar-refractivity contribution < 1.29 is 0 Å². The third-order valence-corrected chi connectivity index (χ3v) is 3.18. The van der Waals surface area contributed by atoms with Gasteiger partial charge in [-0.3, -0.25) is 4.57 Å². The summed E-state index contributed by atoms with van der Waals surface area (Å²) in [4.78, 5) is 11.7. The van der Waals surface area contributed by atoms with E-state index in [0.29, 0.717) is 6.54 Å². The van der Waals surface area contributed by atoms with E-state index in [4.69, 9.17) is 0 Å². The third-order valence-electron chi connectivity index (χ3n) is 3.18. The summed E-state index contributed by atoms with van der Waals surface area (Å²) in [5.41, 5.74) is 2.28. The van der Waals surface area contributed by atoms with Crippen molar-refractivity contribution in [3.63, 3.8) is 0 Å². The second kappa shape index (κ2) is 5.71. The Bertz CT molecular complexity index is 655. The van der Waals surface area contributed by atoms with Crippen LogP contribution in [0.2, 0.25) is 0 Å². The zero-order valence-corrected chi connectivity index (χ0v) is 11.4. The lowest BCUT2D eigenvalue weighted by Gasteiger charge is -2.10. The number of nitrogens with one attached hydrogen (secondary N) is 2. The van der Waals surface area contributed by atoms with Gasteiger partial charge in [-0.2, -0.15) is 0 Å². The number of nitrogens with zero attached hydrogens (tertiary/aromatic N) is 3. The predicted octanol–water partition coefficient (Wildman–Crippen LogP) is 2.19. The largest absolute Gasteiger partial charge is 0.348 e. The number of aryl methyl sites for hydroxylation is 1. The van der Waals surface area contributed by atoms with Crippen molar-refractivity contribution in [2.24, 2.45) is 0 Å². The molecule has 1 aromatic carbocycles. The summed E-state index contributed by atoms with van der Waals surface area (Å²) < 4.78 is 2.16. The van der Waals surface area contributed by atoms with Gasteiger partial charge in [0.2, 0.25) is 0 Å². The quantitative estimate of drug-likeness (QED) is 0.745. The molecule has 102 valence electrons. The molecule has 0 bridgehead atoms. The van der Waals surface area contributed by atoms with Crippen LogP contribution in [-0.4, -0.2) is 19.5 Å². The zero-order chi connectivity index (χ0) is 13.8. The Morgan fingerprint density at radius 3 is 2.75 bits per heavy atom.